The van der Waals surface area contributed by atoms with E-state index in [4.69, 9.17) is 9.47 Å². The van der Waals surface area contributed by atoms with Crippen molar-refractivity contribution in [2.45, 2.75) is 26.9 Å². The van der Waals surface area contributed by atoms with Crippen molar-refractivity contribution in [2.75, 3.05) is 41.0 Å². The molecule has 0 atom stereocenters. The Morgan fingerprint density at radius 2 is 1.86 bits per heavy atom. The van der Waals surface area contributed by atoms with E-state index in [9.17, 15) is 0 Å². The SMILES string of the molecule is CN=C(NCCOC)NCc1c(C)nn(CCOC)c1C.I. The first kappa shape index (κ1) is 21.1. The highest BCUT2D eigenvalue weighted by molar-refractivity contribution is 14.0. The van der Waals surface area contributed by atoms with Crippen LogP contribution in [0.4, 0.5) is 0 Å². The van der Waals surface area contributed by atoms with E-state index in [1.54, 1.807) is 21.3 Å². The zero-order chi connectivity index (χ0) is 15.7. The summed E-state index contributed by atoms with van der Waals surface area (Å²) in [6.07, 6.45) is 0. The maximum atomic E-state index is 5.10. The number of ether oxygens (including phenoxy) is 2. The molecular formula is C14H28IN5O2. The van der Waals surface area contributed by atoms with Crippen LogP contribution in [0.1, 0.15) is 17.0 Å². The molecular weight excluding hydrogens is 397 g/mol. The molecule has 7 nitrogen and oxygen atoms in total. The first-order chi connectivity index (χ1) is 10.1. The Morgan fingerprint density at radius 3 is 2.45 bits per heavy atom. The van der Waals surface area contributed by atoms with E-state index in [1.165, 1.54) is 5.56 Å². The highest BCUT2D eigenvalue weighted by atomic mass is 127. The van der Waals surface area contributed by atoms with Crippen LogP contribution in [0, 0.1) is 13.8 Å². The Balaban J connectivity index is 0.00000441. The Kier molecular flexibility index (Phi) is 11.2. The van der Waals surface area contributed by atoms with Gasteiger partial charge in [0.15, 0.2) is 5.96 Å². The van der Waals surface area contributed by atoms with Gasteiger partial charge in [-0.25, -0.2) is 0 Å². The predicted molar refractivity (Wildman–Crippen MR) is 99.1 cm³/mol. The fourth-order valence-electron chi connectivity index (χ4n) is 2.05. The quantitative estimate of drug-likeness (QED) is 0.282. The van der Waals surface area contributed by atoms with Crippen LogP contribution < -0.4 is 10.6 Å². The zero-order valence-corrected chi connectivity index (χ0v) is 16.4. The van der Waals surface area contributed by atoms with Gasteiger partial charge in [-0.3, -0.25) is 9.67 Å². The Hall–Kier alpha value is -0.870. The lowest BCUT2D eigenvalue weighted by Gasteiger charge is -2.12. The molecule has 0 aromatic carbocycles. The van der Waals surface area contributed by atoms with Crippen molar-refractivity contribution in [2.24, 2.45) is 4.99 Å². The number of aliphatic imine (C=N–C) groups is 1. The maximum absolute atomic E-state index is 5.10. The lowest BCUT2D eigenvalue weighted by atomic mass is 10.2. The Labute approximate surface area is 149 Å². The highest BCUT2D eigenvalue weighted by Crippen LogP contribution is 2.12. The fraction of sp³-hybridized carbons (Fsp3) is 0.714. The van der Waals surface area contributed by atoms with Crippen molar-refractivity contribution in [3.63, 3.8) is 0 Å². The van der Waals surface area contributed by atoms with Crippen LogP contribution in [-0.4, -0.2) is 56.8 Å². The van der Waals surface area contributed by atoms with Crippen molar-refractivity contribution in [3.8, 4) is 0 Å². The molecule has 0 aliphatic heterocycles. The third-order valence-electron chi connectivity index (χ3n) is 3.29. The number of guanidine groups is 1. The lowest BCUT2D eigenvalue weighted by Crippen LogP contribution is -2.38. The first-order valence-corrected chi connectivity index (χ1v) is 7.09. The van der Waals surface area contributed by atoms with Crippen molar-refractivity contribution in [1.29, 1.82) is 0 Å². The second-order valence-electron chi connectivity index (χ2n) is 4.71. The molecule has 0 saturated carbocycles. The molecule has 2 N–H and O–H groups in total. The number of rotatable bonds is 8. The third-order valence-corrected chi connectivity index (χ3v) is 3.29. The number of nitrogens with zero attached hydrogens (tertiary/aromatic N) is 3. The molecule has 0 saturated heterocycles. The molecule has 0 fully saturated rings. The Bertz CT molecular complexity index is 462. The monoisotopic (exact) mass is 425 g/mol. The molecule has 0 aliphatic carbocycles. The molecule has 22 heavy (non-hydrogen) atoms. The van der Waals surface area contributed by atoms with Gasteiger partial charge >= 0.3 is 0 Å². The van der Waals surface area contributed by atoms with E-state index in [0.29, 0.717) is 19.8 Å². The standard InChI is InChI=1S/C14H27N5O2.HI/c1-11-13(12(2)19(18-11)7-9-21-5)10-17-14(15-3)16-6-8-20-4;/h6-10H2,1-5H3,(H2,15,16,17);1H. The minimum Gasteiger partial charge on any atom is -0.383 e. The van der Waals surface area contributed by atoms with E-state index in [1.807, 2.05) is 11.6 Å². The van der Waals surface area contributed by atoms with Gasteiger partial charge < -0.3 is 20.1 Å². The highest BCUT2D eigenvalue weighted by Gasteiger charge is 2.11. The number of aryl methyl sites for hydroxylation is 1. The number of methoxy groups -OCH3 is 2. The summed E-state index contributed by atoms with van der Waals surface area (Å²) in [7, 11) is 5.13. The van der Waals surface area contributed by atoms with E-state index >= 15 is 0 Å². The number of aromatic nitrogens is 2. The second-order valence-corrected chi connectivity index (χ2v) is 4.71. The summed E-state index contributed by atoms with van der Waals surface area (Å²) in [5, 5.41) is 11.0. The molecule has 1 rings (SSSR count). The molecule has 0 aliphatic rings. The number of hydrogen-bond donors (Lipinski definition) is 2. The largest absolute Gasteiger partial charge is 0.383 e. The molecule has 0 bridgehead atoms. The van der Waals surface area contributed by atoms with Gasteiger partial charge in [0.05, 0.1) is 25.5 Å². The number of hydrogen-bond acceptors (Lipinski definition) is 4. The minimum absolute atomic E-state index is 0. The van der Waals surface area contributed by atoms with E-state index in [2.05, 4.69) is 27.6 Å². The van der Waals surface area contributed by atoms with Crippen LogP contribution in [0.25, 0.3) is 0 Å². The predicted octanol–water partition coefficient (Wildman–Crippen LogP) is 1.08. The first-order valence-electron chi connectivity index (χ1n) is 7.09. The van der Waals surface area contributed by atoms with E-state index < -0.39 is 0 Å². The normalized spacial score (nSPS) is 11.2. The van der Waals surface area contributed by atoms with Gasteiger partial charge in [0, 0.05) is 45.6 Å². The summed E-state index contributed by atoms with van der Waals surface area (Å²) in [5.74, 6) is 0.760. The van der Waals surface area contributed by atoms with Crippen molar-refractivity contribution < 1.29 is 9.47 Å². The van der Waals surface area contributed by atoms with Crippen LogP contribution >= 0.6 is 24.0 Å². The molecule has 1 aromatic heterocycles. The van der Waals surface area contributed by atoms with Crippen LogP contribution in [-0.2, 0) is 22.6 Å². The van der Waals surface area contributed by atoms with Gasteiger partial charge in [-0.15, -0.1) is 24.0 Å². The second kappa shape index (κ2) is 11.7. The smallest absolute Gasteiger partial charge is 0.191 e. The summed E-state index contributed by atoms with van der Waals surface area (Å²) in [5.41, 5.74) is 3.38. The average Bonchev–Trinajstić information content (AvgIpc) is 2.75. The summed E-state index contributed by atoms with van der Waals surface area (Å²) in [6.45, 7) is 7.59. The molecule has 128 valence electrons. The van der Waals surface area contributed by atoms with Gasteiger partial charge in [-0.2, -0.15) is 5.10 Å². The summed E-state index contributed by atoms with van der Waals surface area (Å²) in [6, 6.07) is 0. The summed E-state index contributed by atoms with van der Waals surface area (Å²) in [4.78, 5) is 4.18. The van der Waals surface area contributed by atoms with Gasteiger partial charge in [0.1, 0.15) is 0 Å². The fourth-order valence-corrected chi connectivity index (χ4v) is 2.05. The molecule has 1 aromatic rings. The van der Waals surface area contributed by atoms with Crippen LogP contribution in [0.2, 0.25) is 0 Å². The van der Waals surface area contributed by atoms with Crippen molar-refractivity contribution >= 4 is 29.9 Å². The van der Waals surface area contributed by atoms with Crippen LogP contribution in [0.3, 0.4) is 0 Å². The molecule has 1 heterocycles. The van der Waals surface area contributed by atoms with Crippen LogP contribution in [0.5, 0.6) is 0 Å². The van der Waals surface area contributed by atoms with Crippen molar-refractivity contribution in [1.82, 2.24) is 20.4 Å². The molecule has 0 amide bonds. The molecule has 0 spiro atoms. The molecule has 0 unspecified atom stereocenters. The van der Waals surface area contributed by atoms with Gasteiger partial charge in [-0.05, 0) is 13.8 Å². The summed E-state index contributed by atoms with van der Waals surface area (Å²) >= 11 is 0. The topological polar surface area (TPSA) is 72.7 Å². The lowest BCUT2D eigenvalue weighted by molar-refractivity contribution is 0.182. The maximum Gasteiger partial charge on any atom is 0.191 e. The third kappa shape index (κ3) is 6.49. The number of halogens is 1. The van der Waals surface area contributed by atoms with Gasteiger partial charge in [0.2, 0.25) is 0 Å². The van der Waals surface area contributed by atoms with E-state index in [0.717, 1.165) is 30.4 Å². The minimum atomic E-state index is 0. The average molecular weight is 425 g/mol. The zero-order valence-electron chi connectivity index (χ0n) is 14.1. The van der Waals surface area contributed by atoms with Crippen LogP contribution in [0.15, 0.2) is 4.99 Å². The Morgan fingerprint density at radius 1 is 1.18 bits per heavy atom. The van der Waals surface area contributed by atoms with E-state index in [-0.39, 0.29) is 24.0 Å². The molecule has 0 radical (unpaired) electrons. The number of nitrogens with one attached hydrogen (secondary N) is 2. The molecule has 8 heteroatoms. The van der Waals surface area contributed by atoms with Crippen molar-refractivity contribution in [3.05, 3.63) is 17.0 Å². The summed E-state index contributed by atoms with van der Waals surface area (Å²) < 4.78 is 12.1. The van der Waals surface area contributed by atoms with Gasteiger partial charge in [-0.1, -0.05) is 0 Å². The van der Waals surface area contributed by atoms with Gasteiger partial charge in [0.25, 0.3) is 0 Å².